The predicted octanol–water partition coefficient (Wildman–Crippen LogP) is 15.2. The van der Waals surface area contributed by atoms with Crippen molar-refractivity contribution >= 4 is 27.8 Å². The first kappa shape index (κ1) is 34.1. The molecule has 1 spiro atoms. The van der Waals surface area contributed by atoms with Crippen LogP contribution >= 0.6 is 0 Å². The van der Waals surface area contributed by atoms with Gasteiger partial charge in [-0.15, -0.1) is 0 Å². The summed E-state index contributed by atoms with van der Waals surface area (Å²) in [5.41, 5.74) is 22.1. The van der Waals surface area contributed by atoms with Gasteiger partial charge in [0.1, 0.15) is 0 Å². The maximum absolute atomic E-state index is 2.54. The number of hydrogen-bond acceptors (Lipinski definition) is 1. The average Bonchev–Trinajstić information content (AvgIpc) is 3.90. The molecule has 0 amide bonds. The molecule has 59 heavy (non-hydrogen) atoms. The second kappa shape index (κ2) is 12.8. The summed E-state index contributed by atoms with van der Waals surface area (Å²) >= 11 is 0. The van der Waals surface area contributed by atoms with Crippen molar-refractivity contribution in [2.24, 2.45) is 0 Å². The van der Waals surface area contributed by atoms with E-state index in [1.54, 1.807) is 0 Å². The molecule has 3 aliphatic rings. The molecule has 1 unspecified atom stereocenters. The summed E-state index contributed by atoms with van der Waals surface area (Å²) in [5.74, 6) is 0. The van der Waals surface area contributed by atoms with Gasteiger partial charge in [0.2, 0.25) is 0 Å². The smallest absolute Gasteiger partial charge is 0.0618 e. The average molecular weight is 754 g/mol. The lowest BCUT2D eigenvalue weighted by molar-refractivity contribution is 0.626. The van der Waals surface area contributed by atoms with Gasteiger partial charge in [0.05, 0.1) is 5.69 Å². The van der Waals surface area contributed by atoms with Gasteiger partial charge in [-0.2, -0.15) is 0 Å². The number of rotatable bonds is 5. The van der Waals surface area contributed by atoms with Crippen LogP contribution in [0.3, 0.4) is 0 Å². The lowest BCUT2D eigenvalue weighted by Crippen LogP contribution is -2.24. The fourth-order valence-electron chi connectivity index (χ4n) is 11.3. The quantitative estimate of drug-likeness (QED) is 0.169. The van der Waals surface area contributed by atoms with Gasteiger partial charge < -0.3 is 4.90 Å². The maximum atomic E-state index is 2.54. The van der Waals surface area contributed by atoms with E-state index < -0.39 is 0 Å². The van der Waals surface area contributed by atoms with Crippen LogP contribution in [0.4, 0.5) is 17.1 Å². The van der Waals surface area contributed by atoms with Gasteiger partial charge in [-0.3, -0.25) is 0 Å². The van der Waals surface area contributed by atoms with E-state index in [1.165, 1.54) is 100 Å². The normalized spacial score (nSPS) is 16.4. The minimum Gasteiger partial charge on any atom is -0.309 e. The molecule has 0 saturated carbocycles. The highest BCUT2D eigenvalue weighted by Gasteiger charge is 2.48. The molecule has 1 nitrogen and oxygen atoms in total. The van der Waals surface area contributed by atoms with Gasteiger partial charge in [0, 0.05) is 33.2 Å². The summed E-state index contributed by atoms with van der Waals surface area (Å²) in [7, 11) is 0. The Bertz CT molecular complexity index is 3130. The second-order valence-electron chi connectivity index (χ2n) is 17.2. The Morgan fingerprint density at radius 1 is 0.407 bits per heavy atom. The van der Waals surface area contributed by atoms with E-state index in [0.29, 0.717) is 0 Å². The number of benzene rings is 9. The largest absolute Gasteiger partial charge is 0.309 e. The van der Waals surface area contributed by atoms with E-state index in [0.717, 1.165) is 18.5 Å². The lowest BCUT2D eigenvalue weighted by Gasteiger charge is -2.32. The van der Waals surface area contributed by atoms with Gasteiger partial charge in [-0.05, 0) is 115 Å². The number of anilines is 3. The second-order valence-corrected chi connectivity index (χ2v) is 17.2. The molecular weight excluding hydrogens is 711 g/mol. The molecule has 0 aromatic heterocycles. The van der Waals surface area contributed by atoms with E-state index in [9.17, 15) is 0 Å². The van der Waals surface area contributed by atoms with Gasteiger partial charge in [-0.25, -0.2) is 0 Å². The van der Waals surface area contributed by atoms with Crippen LogP contribution in [0.15, 0.2) is 200 Å². The third-order valence-corrected chi connectivity index (χ3v) is 13.9. The summed E-state index contributed by atoms with van der Waals surface area (Å²) in [6.45, 7) is 4.76. The molecule has 12 rings (SSSR count). The van der Waals surface area contributed by atoms with E-state index in [4.69, 9.17) is 0 Å². The molecule has 0 radical (unpaired) electrons. The zero-order chi connectivity index (χ0) is 39.3. The first-order valence-corrected chi connectivity index (χ1v) is 21.1. The van der Waals surface area contributed by atoms with E-state index in [1.807, 2.05) is 0 Å². The molecule has 1 heteroatoms. The summed E-state index contributed by atoms with van der Waals surface area (Å²) in [5, 5.41) is 2.45. The molecule has 0 bridgehead atoms. The van der Waals surface area contributed by atoms with Crippen molar-refractivity contribution in [1.29, 1.82) is 0 Å². The van der Waals surface area contributed by atoms with Gasteiger partial charge in [-0.1, -0.05) is 190 Å². The Morgan fingerprint density at radius 2 is 1.00 bits per heavy atom. The molecule has 9 aromatic carbocycles. The van der Waals surface area contributed by atoms with Crippen LogP contribution in [-0.4, -0.2) is 0 Å². The zero-order valence-corrected chi connectivity index (χ0v) is 33.4. The van der Waals surface area contributed by atoms with Crippen molar-refractivity contribution in [2.45, 2.75) is 37.5 Å². The molecule has 0 aliphatic heterocycles. The fourth-order valence-corrected chi connectivity index (χ4v) is 11.3. The van der Waals surface area contributed by atoms with Gasteiger partial charge in [0.15, 0.2) is 0 Å². The zero-order valence-electron chi connectivity index (χ0n) is 33.4. The Labute approximate surface area is 346 Å². The van der Waals surface area contributed by atoms with Crippen molar-refractivity contribution in [3.63, 3.8) is 0 Å². The summed E-state index contributed by atoms with van der Waals surface area (Å²) in [6.07, 6.45) is 2.14. The highest BCUT2D eigenvalue weighted by Crippen LogP contribution is 2.60. The predicted molar refractivity (Wildman–Crippen MR) is 247 cm³/mol. The van der Waals surface area contributed by atoms with Crippen LogP contribution in [0.2, 0.25) is 0 Å². The topological polar surface area (TPSA) is 3.24 Å². The van der Waals surface area contributed by atoms with Crippen LogP contribution in [-0.2, 0) is 17.3 Å². The summed E-state index contributed by atoms with van der Waals surface area (Å²) in [6, 6.07) is 75.2. The molecule has 3 aliphatic carbocycles. The van der Waals surface area contributed by atoms with Crippen LogP contribution in [0.1, 0.15) is 53.6 Å². The Hall–Kier alpha value is -6.96. The third-order valence-electron chi connectivity index (χ3n) is 13.9. The number of hydrogen-bond donors (Lipinski definition) is 0. The van der Waals surface area contributed by atoms with Gasteiger partial charge >= 0.3 is 0 Å². The van der Waals surface area contributed by atoms with Crippen LogP contribution in [0, 0.1) is 0 Å². The number of fused-ring (bicyclic) bond motifs is 11. The van der Waals surface area contributed by atoms with Crippen molar-refractivity contribution < 1.29 is 0 Å². The van der Waals surface area contributed by atoms with Crippen molar-refractivity contribution in [3.8, 4) is 44.5 Å². The van der Waals surface area contributed by atoms with Crippen LogP contribution < -0.4 is 4.90 Å². The molecule has 0 N–H and O–H groups in total. The SMILES string of the molecule is CC1(C)c2ccccc2-c2cccc(-c3ccc(N(c4ccc5c(c4)C4(CCc6ccccc64)c4ccccc4-5)c4c(-c5ccccc5)ccc5ccccc45)cc3)c21. The monoisotopic (exact) mass is 753 g/mol. The van der Waals surface area contributed by atoms with Crippen molar-refractivity contribution in [3.05, 3.63) is 234 Å². The Balaban J connectivity index is 1.09. The van der Waals surface area contributed by atoms with E-state index in [-0.39, 0.29) is 10.8 Å². The highest BCUT2D eigenvalue weighted by atomic mass is 15.1. The van der Waals surface area contributed by atoms with Crippen LogP contribution in [0.25, 0.3) is 55.3 Å². The number of nitrogens with zero attached hydrogens (tertiary/aromatic N) is 1. The van der Waals surface area contributed by atoms with Crippen molar-refractivity contribution in [2.75, 3.05) is 4.90 Å². The maximum Gasteiger partial charge on any atom is 0.0618 e. The highest BCUT2D eigenvalue weighted by molar-refractivity contribution is 6.06. The van der Waals surface area contributed by atoms with Crippen molar-refractivity contribution in [1.82, 2.24) is 0 Å². The molecule has 280 valence electrons. The fraction of sp³-hybridized carbons (Fsp3) is 0.103. The summed E-state index contributed by atoms with van der Waals surface area (Å²) < 4.78 is 0. The Morgan fingerprint density at radius 3 is 1.83 bits per heavy atom. The molecule has 0 saturated heterocycles. The minimum atomic E-state index is -0.187. The molecule has 0 heterocycles. The molecule has 1 atom stereocenters. The molecular formula is C58H43N. The summed E-state index contributed by atoms with van der Waals surface area (Å²) in [4.78, 5) is 2.54. The lowest BCUT2D eigenvalue weighted by atomic mass is 9.73. The third kappa shape index (κ3) is 4.85. The first-order chi connectivity index (χ1) is 29.0. The number of aryl methyl sites for hydroxylation is 1. The minimum absolute atomic E-state index is 0.0996. The van der Waals surface area contributed by atoms with Crippen LogP contribution in [0.5, 0.6) is 0 Å². The van der Waals surface area contributed by atoms with E-state index in [2.05, 4.69) is 219 Å². The molecule has 0 fully saturated rings. The first-order valence-electron chi connectivity index (χ1n) is 21.1. The van der Waals surface area contributed by atoms with E-state index >= 15 is 0 Å². The molecule has 9 aromatic rings. The Kier molecular flexibility index (Phi) is 7.38. The van der Waals surface area contributed by atoms with Gasteiger partial charge in [0.25, 0.3) is 0 Å². The standard InChI is InChI=1S/C58H43N/c1-57(2)52-25-12-9-21-48(52)50-23-14-22-44(55(50)57)40-27-30-42(31-28-40)59(56-45-19-8-6-17-39(45)29-33-46(56)38-15-4-3-5-16-38)43-32-34-49-47-20-10-13-26-53(47)58(54(49)37-43)36-35-41-18-7-11-24-51(41)58/h3-34,37H,35-36H2,1-2H3.